The summed E-state index contributed by atoms with van der Waals surface area (Å²) in [6.07, 6.45) is 4.69. The van der Waals surface area contributed by atoms with Gasteiger partial charge in [-0.1, -0.05) is 0 Å². The van der Waals surface area contributed by atoms with Gasteiger partial charge in [0.2, 0.25) is 11.9 Å². The van der Waals surface area contributed by atoms with Crippen LogP contribution in [-0.2, 0) is 16.1 Å². The van der Waals surface area contributed by atoms with Crippen LogP contribution < -0.4 is 16.3 Å². The maximum atomic E-state index is 11.8. The van der Waals surface area contributed by atoms with Crippen LogP contribution in [0.15, 0.2) is 23.4 Å². The number of aromatic nitrogens is 4. The van der Waals surface area contributed by atoms with Crippen molar-refractivity contribution in [2.75, 3.05) is 17.2 Å². The first-order chi connectivity index (χ1) is 11.5. The lowest BCUT2D eigenvalue weighted by Gasteiger charge is -2.10. The molecule has 0 aromatic carbocycles. The van der Waals surface area contributed by atoms with E-state index in [1.165, 1.54) is 10.8 Å². The fourth-order valence-electron chi connectivity index (χ4n) is 1.98. The average molecular weight is 334 g/mol. The highest BCUT2D eigenvalue weighted by molar-refractivity contribution is 5.89. The quantitative estimate of drug-likeness (QED) is 0.540. The van der Waals surface area contributed by atoms with Crippen LogP contribution in [0.25, 0.3) is 0 Å². The molecule has 2 heterocycles. The summed E-state index contributed by atoms with van der Waals surface area (Å²) < 4.78 is 1.25. The normalized spacial score (nSPS) is 10.4. The van der Waals surface area contributed by atoms with Crippen molar-refractivity contribution in [3.05, 3.63) is 34.6 Å². The summed E-state index contributed by atoms with van der Waals surface area (Å²) in [5.74, 6) is -0.470. The number of rotatable bonds is 8. The van der Waals surface area contributed by atoms with Crippen LogP contribution in [0.2, 0.25) is 0 Å². The van der Waals surface area contributed by atoms with E-state index in [1.807, 2.05) is 0 Å². The number of nitrogens with zero attached hydrogens (tertiary/aromatic N) is 3. The summed E-state index contributed by atoms with van der Waals surface area (Å²) in [5.41, 5.74) is 0.149. The fourth-order valence-corrected chi connectivity index (χ4v) is 1.98. The number of amides is 1. The van der Waals surface area contributed by atoms with Gasteiger partial charge in [0.15, 0.2) is 0 Å². The molecule has 4 N–H and O–H groups in total. The maximum Gasteiger partial charge on any atom is 0.349 e. The molecular formula is C14H18N6O4. The molecule has 10 heteroatoms. The molecule has 2 aromatic heterocycles. The first-order valence-electron chi connectivity index (χ1n) is 7.28. The average Bonchev–Trinajstić information content (AvgIpc) is 3.01. The number of hydrogen-bond donors (Lipinski definition) is 4. The predicted molar refractivity (Wildman–Crippen MR) is 85.8 cm³/mol. The van der Waals surface area contributed by atoms with Gasteiger partial charge in [0, 0.05) is 43.7 Å². The standard InChI is InChI=1S/C14H18N6O4/c1-9-8-20(7-3-11(22)23)14(24)19-12(9)15-4-2-10(21)18-13-16-5-6-17-13/h5-6,8H,2-4,7H2,1H3,(H,22,23)(H,15,19,24)(H2,16,17,18,21). The minimum absolute atomic E-state index is 0.0633. The molecule has 0 bridgehead atoms. The highest BCUT2D eigenvalue weighted by Gasteiger charge is 2.08. The third-order valence-corrected chi connectivity index (χ3v) is 3.14. The molecule has 0 saturated carbocycles. The van der Waals surface area contributed by atoms with Crippen LogP contribution in [-0.4, -0.2) is 43.0 Å². The molecule has 24 heavy (non-hydrogen) atoms. The first kappa shape index (κ1) is 17.2. The van der Waals surface area contributed by atoms with Gasteiger partial charge in [0.05, 0.1) is 6.42 Å². The molecule has 0 aliphatic rings. The van der Waals surface area contributed by atoms with E-state index in [9.17, 15) is 14.4 Å². The van der Waals surface area contributed by atoms with Crippen LogP contribution in [0.3, 0.4) is 0 Å². The SMILES string of the molecule is Cc1cn(CCC(=O)O)c(=O)nc1NCCC(=O)Nc1ncc[nH]1. The predicted octanol–water partition coefficient (Wildman–Crippen LogP) is 0.190. The number of H-pyrrole nitrogens is 1. The molecule has 0 aliphatic carbocycles. The van der Waals surface area contributed by atoms with Gasteiger partial charge in [0.1, 0.15) is 5.82 Å². The van der Waals surface area contributed by atoms with E-state index in [2.05, 4.69) is 25.6 Å². The number of nitrogens with one attached hydrogen (secondary N) is 3. The van der Waals surface area contributed by atoms with E-state index in [0.29, 0.717) is 23.9 Å². The number of hydrogen-bond acceptors (Lipinski definition) is 6. The number of carbonyl (C=O) groups excluding carboxylic acids is 1. The largest absolute Gasteiger partial charge is 0.481 e. The highest BCUT2D eigenvalue weighted by Crippen LogP contribution is 2.08. The number of imidazole rings is 1. The van der Waals surface area contributed by atoms with Gasteiger partial charge in [-0.25, -0.2) is 9.78 Å². The summed E-state index contributed by atoms with van der Waals surface area (Å²) in [5, 5.41) is 14.2. The van der Waals surface area contributed by atoms with Gasteiger partial charge in [-0.05, 0) is 6.92 Å². The minimum Gasteiger partial charge on any atom is -0.481 e. The maximum absolute atomic E-state index is 11.8. The summed E-state index contributed by atoms with van der Waals surface area (Å²) in [6, 6.07) is 0. The van der Waals surface area contributed by atoms with Crippen LogP contribution in [0.1, 0.15) is 18.4 Å². The molecule has 0 radical (unpaired) electrons. The van der Waals surface area contributed by atoms with Crippen molar-refractivity contribution in [2.24, 2.45) is 0 Å². The monoisotopic (exact) mass is 334 g/mol. The Morgan fingerprint density at radius 1 is 1.38 bits per heavy atom. The molecule has 128 valence electrons. The van der Waals surface area contributed by atoms with E-state index in [4.69, 9.17) is 5.11 Å². The molecular weight excluding hydrogens is 316 g/mol. The number of carboxylic acids is 1. The van der Waals surface area contributed by atoms with Crippen molar-refractivity contribution >= 4 is 23.6 Å². The zero-order valence-electron chi connectivity index (χ0n) is 13.1. The van der Waals surface area contributed by atoms with Crippen molar-refractivity contribution in [3.8, 4) is 0 Å². The third-order valence-electron chi connectivity index (χ3n) is 3.14. The van der Waals surface area contributed by atoms with E-state index in [1.54, 1.807) is 19.3 Å². The zero-order chi connectivity index (χ0) is 17.5. The highest BCUT2D eigenvalue weighted by atomic mass is 16.4. The number of carbonyl (C=O) groups is 2. The number of carboxylic acid groups (broad SMARTS) is 1. The summed E-state index contributed by atoms with van der Waals surface area (Å²) in [4.78, 5) is 44.6. The van der Waals surface area contributed by atoms with Crippen LogP contribution in [0.4, 0.5) is 11.8 Å². The van der Waals surface area contributed by atoms with Crippen LogP contribution in [0, 0.1) is 6.92 Å². The minimum atomic E-state index is -0.982. The Morgan fingerprint density at radius 3 is 2.83 bits per heavy atom. The smallest absolute Gasteiger partial charge is 0.349 e. The molecule has 0 aliphatic heterocycles. The molecule has 1 amide bonds. The summed E-state index contributed by atoms with van der Waals surface area (Å²) >= 11 is 0. The molecule has 0 unspecified atom stereocenters. The van der Waals surface area contributed by atoms with Crippen LogP contribution in [0.5, 0.6) is 0 Å². The number of aliphatic carboxylic acids is 1. The van der Waals surface area contributed by atoms with E-state index in [-0.39, 0.29) is 25.3 Å². The second-order valence-electron chi connectivity index (χ2n) is 5.05. The van der Waals surface area contributed by atoms with Crippen molar-refractivity contribution in [2.45, 2.75) is 26.3 Å². The number of anilines is 2. The van der Waals surface area contributed by atoms with Crippen molar-refractivity contribution in [3.63, 3.8) is 0 Å². The molecule has 0 atom stereocenters. The summed E-state index contributed by atoms with van der Waals surface area (Å²) in [6.45, 7) is 2.10. The van der Waals surface area contributed by atoms with Gasteiger partial charge < -0.3 is 15.4 Å². The van der Waals surface area contributed by atoms with Gasteiger partial charge in [-0.2, -0.15) is 4.98 Å². The Labute approximate surface area is 136 Å². The van der Waals surface area contributed by atoms with Crippen LogP contribution >= 0.6 is 0 Å². The molecule has 0 saturated heterocycles. The lowest BCUT2D eigenvalue weighted by atomic mass is 10.3. The Balaban J connectivity index is 1.88. The van der Waals surface area contributed by atoms with Crippen molar-refractivity contribution < 1.29 is 14.7 Å². The lowest BCUT2D eigenvalue weighted by Crippen LogP contribution is -2.26. The fraction of sp³-hybridized carbons (Fsp3) is 0.357. The lowest BCUT2D eigenvalue weighted by molar-refractivity contribution is -0.137. The van der Waals surface area contributed by atoms with Crippen molar-refractivity contribution in [1.82, 2.24) is 19.5 Å². The second kappa shape index (κ2) is 7.90. The van der Waals surface area contributed by atoms with Gasteiger partial charge in [-0.15, -0.1) is 0 Å². The van der Waals surface area contributed by atoms with E-state index < -0.39 is 11.7 Å². The van der Waals surface area contributed by atoms with Crippen molar-refractivity contribution in [1.29, 1.82) is 0 Å². The van der Waals surface area contributed by atoms with Gasteiger partial charge in [-0.3, -0.25) is 19.5 Å². The van der Waals surface area contributed by atoms with E-state index >= 15 is 0 Å². The Hall–Kier alpha value is -3.17. The molecule has 10 nitrogen and oxygen atoms in total. The first-order valence-corrected chi connectivity index (χ1v) is 7.28. The molecule has 0 fully saturated rings. The van der Waals surface area contributed by atoms with E-state index in [0.717, 1.165) is 0 Å². The Kier molecular flexibility index (Phi) is 5.66. The topological polar surface area (TPSA) is 142 Å². The number of aryl methyl sites for hydroxylation is 2. The molecule has 0 spiro atoms. The molecule has 2 rings (SSSR count). The zero-order valence-corrected chi connectivity index (χ0v) is 13.1. The Morgan fingerprint density at radius 2 is 2.17 bits per heavy atom. The number of aromatic amines is 1. The second-order valence-corrected chi connectivity index (χ2v) is 5.05. The van der Waals surface area contributed by atoms with Gasteiger partial charge >= 0.3 is 11.7 Å². The van der Waals surface area contributed by atoms with Gasteiger partial charge in [0.25, 0.3) is 0 Å². The Bertz CT molecular complexity index is 768. The molecule has 2 aromatic rings. The third kappa shape index (κ3) is 4.93. The summed E-state index contributed by atoms with van der Waals surface area (Å²) in [7, 11) is 0.